The lowest BCUT2D eigenvalue weighted by Crippen LogP contribution is -2.31. The Morgan fingerprint density at radius 1 is 1.32 bits per heavy atom. The number of nitrogens with two attached hydrogens (primary N) is 1. The van der Waals surface area contributed by atoms with E-state index in [1.165, 1.54) is 12.8 Å². The van der Waals surface area contributed by atoms with Crippen molar-refractivity contribution in [2.45, 2.75) is 38.0 Å². The third kappa shape index (κ3) is 2.77. The number of ether oxygens (including phenoxy) is 1. The van der Waals surface area contributed by atoms with Crippen LogP contribution in [0.15, 0.2) is 48.8 Å². The second-order valence-electron chi connectivity index (χ2n) is 8.35. The largest absolute Gasteiger partial charge is 0.492 e. The maximum Gasteiger partial charge on any atom is 0.224 e. The van der Waals surface area contributed by atoms with Gasteiger partial charge in [-0.05, 0) is 54.3 Å². The van der Waals surface area contributed by atoms with Gasteiger partial charge in [0.2, 0.25) is 5.91 Å². The number of carbonyl (C=O) groups excluding carboxylic acids is 1. The predicted molar refractivity (Wildman–Crippen MR) is 108 cm³/mol. The van der Waals surface area contributed by atoms with Gasteiger partial charge < -0.3 is 15.5 Å². The van der Waals surface area contributed by atoms with Gasteiger partial charge in [0.05, 0.1) is 18.2 Å². The van der Waals surface area contributed by atoms with Gasteiger partial charge in [-0.1, -0.05) is 25.1 Å². The first-order valence-corrected chi connectivity index (χ1v) is 10.0. The summed E-state index contributed by atoms with van der Waals surface area (Å²) >= 11 is 0. The van der Waals surface area contributed by atoms with Gasteiger partial charge in [0.25, 0.3) is 0 Å². The number of hydrogen-bond acceptors (Lipinski definition) is 3. The van der Waals surface area contributed by atoms with E-state index in [4.69, 9.17) is 10.5 Å². The van der Waals surface area contributed by atoms with Gasteiger partial charge in [0.1, 0.15) is 5.75 Å². The standard InChI is InChI=1S/C23H25N3O2/c1-14(20-8-7-17(12-26-20)28-13-15-5-6-15)23(22(24)27)11-19(23)18-4-2-3-16-9-10-25-21(16)18/h2-4,7-10,12,14-15,19,25H,5-6,11,13H2,1H3,(H2,24,27)/t14-,19?,23?/m0/s1. The number of carbonyl (C=O) groups is 1. The van der Waals surface area contributed by atoms with Gasteiger partial charge in [0.15, 0.2) is 0 Å². The molecule has 2 saturated carbocycles. The number of H-pyrrole nitrogens is 1. The van der Waals surface area contributed by atoms with Crippen LogP contribution in [0.3, 0.4) is 0 Å². The van der Waals surface area contributed by atoms with Crippen LogP contribution in [0.2, 0.25) is 0 Å². The first kappa shape index (κ1) is 17.3. The molecule has 2 aliphatic rings. The van der Waals surface area contributed by atoms with Crippen molar-refractivity contribution in [3.63, 3.8) is 0 Å². The summed E-state index contributed by atoms with van der Waals surface area (Å²) in [4.78, 5) is 20.5. The second kappa shape index (κ2) is 6.36. The van der Waals surface area contributed by atoms with Gasteiger partial charge in [-0.3, -0.25) is 9.78 Å². The zero-order valence-corrected chi connectivity index (χ0v) is 16.0. The van der Waals surface area contributed by atoms with Crippen molar-refractivity contribution in [3.8, 4) is 5.75 Å². The number of nitrogens with one attached hydrogen (secondary N) is 1. The SMILES string of the molecule is C[C@@H](c1ccc(OCC2CC2)cn1)C1(C(N)=O)CC1c1cccc2cc[nH]c12. The summed E-state index contributed by atoms with van der Waals surface area (Å²) in [6, 6.07) is 12.2. The molecule has 0 saturated heterocycles. The lowest BCUT2D eigenvalue weighted by Gasteiger charge is -2.22. The van der Waals surface area contributed by atoms with Gasteiger partial charge in [-0.15, -0.1) is 0 Å². The van der Waals surface area contributed by atoms with E-state index in [1.807, 2.05) is 24.4 Å². The van der Waals surface area contributed by atoms with Gasteiger partial charge >= 0.3 is 0 Å². The quantitative estimate of drug-likeness (QED) is 0.652. The van der Waals surface area contributed by atoms with E-state index in [9.17, 15) is 4.79 Å². The van der Waals surface area contributed by atoms with Crippen molar-refractivity contribution in [1.29, 1.82) is 0 Å². The Balaban J connectivity index is 1.41. The summed E-state index contributed by atoms with van der Waals surface area (Å²) in [6.07, 6.45) is 6.99. The van der Waals surface area contributed by atoms with E-state index in [2.05, 4.69) is 35.1 Å². The lowest BCUT2D eigenvalue weighted by molar-refractivity contribution is -0.124. The van der Waals surface area contributed by atoms with E-state index in [0.29, 0.717) is 5.92 Å². The molecule has 3 N–H and O–H groups in total. The van der Waals surface area contributed by atoms with Crippen LogP contribution < -0.4 is 10.5 Å². The number of amides is 1. The number of primary amides is 1. The molecule has 3 atom stereocenters. The first-order valence-electron chi connectivity index (χ1n) is 10.0. The molecule has 28 heavy (non-hydrogen) atoms. The lowest BCUT2D eigenvalue weighted by atomic mass is 9.83. The molecule has 5 nitrogen and oxygen atoms in total. The number of para-hydroxylation sites is 1. The highest BCUT2D eigenvalue weighted by atomic mass is 16.5. The normalized spacial score (nSPS) is 24.8. The molecule has 2 fully saturated rings. The molecular weight excluding hydrogens is 350 g/mol. The molecule has 0 aliphatic heterocycles. The zero-order chi connectivity index (χ0) is 19.3. The van der Waals surface area contributed by atoms with Crippen molar-refractivity contribution in [2.75, 3.05) is 6.61 Å². The summed E-state index contributed by atoms with van der Waals surface area (Å²) in [6.45, 7) is 2.83. The van der Waals surface area contributed by atoms with Crippen LogP contribution in [0.25, 0.3) is 10.9 Å². The minimum absolute atomic E-state index is 0.0577. The third-order valence-electron chi connectivity index (χ3n) is 6.62. The van der Waals surface area contributed by atoms with Gasteiger partial charge in [0, 0.05) is 29.2 Å². The third-order valence-corrected chi connectivity index (χ3v) is 6.62. The van der Waals surface area contributed by atoms with E-state index in [-0.39, 0.29) is 17.7 Å². The highest BCUT2D eigenvalue weighted by Crippen LogP contribution is 2.66. The number of hydrogen-bond donors (Lipinski definition) is 2. The monoisotopic (exact) mass is 375 g/mol. The van der Waals surface area contributed by atoms with Crippen molar-refractivity contribution in [1.82, 2.24) is 9.97 Å². The van der Waals surface area contributed by atoms with Crippen LogP contribution in [0.1, 0.15) is 49.3 Å². The summed E-state index contributed by atoms with van der Waals surface area (Å²) < 4.78 is 5.78. The molecule has 5 rings (SSSR count). The molecule has 0 spiro atoms. The molecule has 3 aromatic rings. The molecule has 144 valence electrons. The van der Waals surface area contributed by atoms with Crippen LogP contribution in [-0.2, 0) is 4.79 Å². The Morgan fingerprint density at radius 3 is 2.89 bits per heavy atom. The van der Waals surface area contributed by atoms with Crippen LogP contribution >= 0.6 is 0 Å². The van der Waals surface area contributed by atoms with Gasteiger partial charge in [-0.2, -0.15) is 0 Å². The summed E-state index contributed by atoms with van der Waals surface area (Å²) in [7, 11) is 0. The molecule has 1 amide bonds. The van der Waals surface area contributed by atoms with Crippen LogP contribution in [0, 0.1) is 11.3 Å². The zero-order valence-electron chi connectivity index (χ0n) is 16.0. The van der Waals surface area contributed by atoms with Gasteiger partial charge in [-0.25, -0.2) is 0 Å². The fourth-order valence-electron chi connectivity index (χ4n) is 4.53. The van der Waals surface area contributed by atoms with E-state index >= 15 is 0 Å². The predicted octanol–water partition coefficient (Wildman–Crippen LogP) is 4.11. The molecule has 2 aliphatic carbocycles. The average Bonchev–Trinajstić information content (AvgIpc) is 3.62. The Labute approximate surface area is 164 Å². The Hall–Kier alpha value is -2.82. The fraction of sp³-hybridized carbons (Fsp3) is 0.391. The number of benzene rings is 1. The Morgan fingerprint density at radius 2 is 2.18 bits per heavy atom. The van der Waals surface area contributed by atoms with Crippen LogP contribution in [0.4, 0.5) is 0 Å². The van der Waals surface area contributed by atoms with Crippen molar-refractivity contribution < 1.29 is 9.53 Å². The molecule has 2 heterocycles. The molecule has 2 aromatic heterocycles. The number of aromatic nitrogens is 2. The molecule has 1 aromatic carbocycles. The molecule has 2 unspecified atom stereocenters. The number of pyridine rings is 1. The smallest absolute Gasteiger partial charge is 0.224 e. The van der Waals surface area contributed by atoms with Crippen molar-refractivity contribution in [2.24, 2.45) is 17.1 Å². The summed E-state index contributed by atoms with van der Waals surface area (Å²) in [5.41, 5.74) is 8.49. The molecule has 5 heteroatoms. The second-order valence-corrected chi connectivity index (χ2v) is 8.35. The number of rotatable bonds is 7. The minimum Gasteiger partial charge on any atom is -0.492 e. The van der Waals surface area contributed by atoms with Crippen molar-refractivity contribution >= 4 is 16.8 Å². The Kier molecular flexibility index (Phi) is 3.93. The Bertz CT molecular complexity index is 1020. The van der Waals surface area contributed by atoms with E-state index in [1.54, 1.807) is 6.20 Å². The van der Waals surface area contributed by atoms with Crippen molar-refractivity contribution in [3.05, 3.63) is 60.0 Å². The van der Waals surface area contributed by atoms with E-state index in [0.717, 1.165) is 40.9 Å². The summed E-state index contributed by atoms with van der Waals surface area (Å²) in [5.74, 6) is 1.30. The maximum absolute atomic E-state index is 12.6. The number of fused-ring (bicyclic) bond motifs is 1. The topological polar surface area (TPSA) is 81.0 Å². The van der Waals surface area contributed by atoms with Crippen LogP contribution in [-0.4, -0.2) is 22.5 Å². The van der Waals surface area contributed by atoms with Crippen LogP contribution in [0.5, 0.6) is 5.75 Å². The van der Waals surface area contributed by atoms with E-state index < -0.39 is 5.41 Å². The maximum atomic E-state index is 12.6. The fourth-order valence-corrected chi connectivity index (χ4v) is 4.53. The number of nitrogens with zero attached hydrogens (tertiary/aromatic N) is 1. The number of aromatic amines is 1. The molecule has 0 radical (unpaired) electrons. The highest BCUT2D eigenvalue weighted by Gasteiger charge is 2.63. The first-order chi connectivity index (χ1) is 13.6. The minimum atomic E-state index is -0.594. The molecule has 0 bridgehead atoms. The molecular formula is C23H25N3O2. The summed E-state index contributed by atoms with van der Waals surface area (Å²) in [5, 5.41) is 1.16. The highest BCUT2D eigenvalue weighted by molar-refractivity contribution is 5.90. The average molecular weight is 375 g/mol.